The number of likely N-dealkylation sites (N-methyl/N-ethyl adjacent to an activating group) is 1. The van der Waals surface area contributed by atoms with E-state index in [2.05, 4.69) is 5.32 Å². The maximum atomic E-state index is 12.0. The molecule has 8 heteroatoms. The molecule has 146 valence electrons. The molecule has 1 atom stereocenters. The van der Waals surface area contributed by atoms with Gasteiger partial charge in [0.25, 0.3) is 5.24 Å². The molecule has 2 aromatic carbocycles. The molecule has 1 aliphatic rings. The van der Waals surface area contributed by atoms with Gasteiger partial charge in [0.05, 0.1) is 6.54 Å². The number of benzene rings is 2. The van der Waals surface area contributed by atoms with E-state index in [-0.39, 0.29) is 10.4 Å². The Labute approximate surface area is 167 Å². The third-order valence-corrected chi connectivity index (χ3v) is 4.88. The zero-order valence-corrected chi connectivity index (χ0v) is 16.1. The average molecular weight is 400 g/mol. The standard InChI is InChI=1S/C20H20N2O5S/c1-22(20(25)27-16-5-3-2-4-6-16)11-12-26-15-9-7-14(8-10-15)13-17-18(23)28-19(24)21-17/h2-10,17H,11-13H2,1H3,(H,21,24). The van der Waals surface area contributed by atoms with Crippen molar-refractivity contribution in [2.45, 2.75) is 12.5 Å². The molecule has 0 aromatic heterocycles. The second kappa shape index (κ2) is 9.27. The fourth-order valence-corrected chi connectivity index (χ4v) is 3.21. The van der Waals surface area contributed by atoms with Crippen LogP contribution in [0.2, 0.25) is 0 Å². The third-order valence-electron chi connectivity index (χ3n) is 4.09. The van der Waals surface area contributed by atoms with Crippen molar-refractivity contribution in [3.8, 4) is 11.5 Å². The van der Waals surface area contributed by atoms with E-state index >= 15 is 0 Å². The van der Waals surface area contributed by atoms with Gasteiger partial charge in [-0.3, -0.25) is 9.59 Å². The molecule has 1 N–H and O–H groups in total. The smallest absolute Gasteiger partial charge is 0.415 e. The molecular formula is C20H20N2O5S. The van der Waals surface area contributed by atoms with E-state index in [1.807, 2.05) is 18.2 Å². The Morgan fingerprint density at radius 1 is 1.07 bits per heavy atom. The van der Waals surface area contributed by atoms with Gasteiger partial charge < -0.3 is 19.7 Å². The molecule has 0 radical (unpaired) electrons. The lowest BCUT2D eigenvalue weighted by Gasteiger charge is -2.17. The summed E-state index contributed by atoms with van der Waals surface area (Å²) in [6.45, 7) is 0.681. The number of amides is 2. The molecule has 2 amide bonds. The number of nitrogens with one attached hydrogen (secondary N) is 1. The van der Waals surface area contributed by atoms with Crippen LogP contribution < -0.4 is 14.8 Å². The van der Waals surface area contributed by atoms with Gasteiger partial charge in [0.2, 0.25) is 5.12 Å². The number of ether oxygens (including phenoxy) is 2. The lowest BCUT2D eigenvalue weighted by molar-refractivity contribution is -0.112. The van der Waals surface area contributed by atoms with Gasteiger partial charge in [-0.05, 0) is 29.8 Å². The first-order valence-corrected chi connectivity index (χ1v) is 9.55. The quantitative estimate of drug-likeness (QED) is 0.769. The topological polar surface area (TPSA) is 84.9 Å². The van der Waals surface area contributed by atoms with E-state index in [4.69, 9.17) is 9.47 Å². The first-order chi connectivity index (χ1) is 13.5. The average Bonchev–Trinajstić information content (AvgIpc) is 3.00. The molecule has 0 bridgehead atoms. The second-order valence-corrected chi connectivity index (χ2v) is 7.18. The minimum absolute atomic E-state index is 0.157. The summed E-state index contributed by atoms with van der Waals surface area (Å²) >= 11 is 0.711. The molecule has 1 unspecified atom stereocenters. The Morgan fingerprint density at radius 2 is 1.79 bits per heavy atom. The number of rotatable bonds is 7. The molecule has 7 nitrogen and oxygen atoms in total. The van der Waals surface area contributed by atoms with Crippen LogP contribution >= 0.6 is 11.8 Å². The van der Waals surface area contributed by atoms with Gasteiger partial charge in [0.1, 0.15) is 24.1 Å². The minimum atomic E-state index is -0.478. The molecule has 2 aromatic rings. The molecular weight excluding hydrogens is 380 g/mol. The van der Waals surface area contributed by atoms with Crippen LogP contribution in [0, 0.1) is 0 Å². The van der Waals surface area contributed by atoms with Crippen LogP contribution in [0.5, 0.6) is 11.5 Å². The summed E-state index contributed by atoms with van der Waals surface area (Å²) in [7, 11) is 1.64. The summed E-state index contributed by atoms with van der Waals surface area (Å²) in [5.74, 6) is 1.15. The summed E-state index contributed by atoms with van der Waals surface area (Å²) in [4.78, 5) is 36.3. The van der Waals surface area contributed by atoms with Crippen LogP contribution in [0.4, 0.5) is 9.59 Å². The van der Waals surface area contributed by atoms with E-state index in [1.54, 1.807) is 43.4 Å². The van der Waals surface area contributed by atoms with Crippen molar-refractivity contribution >= 4 is 28.2 Å². The number of carbonyl (C=O) groups excluding carboxylic acids is 3. The Hall–Kier alpha value is -3.00. The van der Waals surface area contributed by atoms with Gasteiger partial charge >= 0.3 is 6.09 Å². The van der Waals surface area contributed by atoms with E-state index < -0.39 is 12.1 Å². The third kappa shape index (κ3) is 5.50. The Kier molecular flexibility index (Phi) is 6.54. The van der Waals surface area contributed by atoms with Crippen molar-refractivity contribution in [1.82, 2.24) is 10.2 Å². The summed E-state index contributed by atoms with van der Waals surface area (Å²) in [6.07, 6.45) is -0.00219. The lowest BCUT2D eigenvalue weighted by atomic mass is 10.1. The van der Waals surface area contributed by atoms with Gasteiger partial charge in [0.15, 0.2) is 0 Å². The number of nitrogens with zero attached hydrogens (tertiary/aromatic N) is 1. The summed E-state index contributed by atoms with van der Waals surface area (Å²) in [6, 6.07) is 15.7. The molecule has 28 heavy (non-hydrogen) atoms. The van der Waals surface area contributed by atoms with Crippen LogP contribution in [0.25, 0.3) is 0 Å². The highest BCUT2D eigenvalue weighted by molar-refractivity contribution is 8.26. The number of para-hydroxylation sites is 1. The Balaban J connectivity index is 1.41. The van der Waals surface area contributed by atoms with Gasteiger partial charge in [-0.15, -0.1) is 0 Å². The summed E-state index contributed by atoms with van der Waals surface area (Å²) in [5.41, 5.74) is 0.928. The van der Waals surface area contributed by atoms with Crippen molar-refractivity contribution in [1.29, 1.82) is 0 Å². The summed E-state index contributed by atoms with van der Waals surface area (Å²) in [5, 5.41) is 2.18. The maximum Gasteiger partial charge on any atom is 0.415 e. The van der Waals surface area contributed by atoms with Crippen LogP contribution in [-0.4, -0.2) is 47.6 Å². The molecule has 1 heterocycles. The van der Waals surface area contributed by atoms with Gasteiger partial charge in [0, 0.05) is 25.2 Å². The first kappa shape index (κ1) is 19.8. The van der Waals surface area contributed by atoms with Gasteiger partial charge in [-0.25, -0.2) is 4.79 Å². The molecule has 0 spiro atoms. The summed E-state index contributed by atoms with van der Waals surface area (Å²) < 4.78 is 10.9. The van der Waals surface area contributed by atoms with Crippen molar-refractivity contribution in [3.05, 3.63) is 60.2 Å². The van der Waals surface area contributed by atoms with Crippen LogP contribution in [-0.2, 0) is 11.2 Å². The number of thioether (sulfide) groups is 1. The maximum absolute atomic E-state index is 12.0. The van der Waals surface area contributed by atoms with E-state index in [0.717, 1.165) is 5.56 Å². The van der Waals surface area contributed by atoms with Crippen molar-refractivity contribution in [2.75, 3.05) is 20.2 Å². The Bertz CT molecular complexity index is 841. The highest BCUT2D eigenvalue weighted by Crippen LogP contribution is 2.20. The second-order valence-electron chi connectivity index (χ2n) is 6.20. The van der Waals surface area contributed by atoms with Gasteiger partial charge in [-0.1, -0.05) is 30.3 Å². The predicted molar refractivity (Wildman–Crippen MR) is 106 cm³/mol. The molecule has 1 fully saturated rings. The normalized spacial score (nSPS) is 15.8. The fraction of sp³-hybridized carbons (Fsp3) is 0.250. The number of hydrogen-bond acceptors (Lipinski definition) is 6. The predicted octanol–water partition coefficient (Wildman–Crippen LogP) is 3.09. The van der Waals surface area contributed by atoms with E-state index in [0.29, 0.717) is 42.8 Å². The van der Waals surface area contributed by atoms with Crippen LogP contribution in [0.3, 0.4) is 0 Å². The van der Waals surface area contributed by atoms with E-state index in [9.17, 15) is 14.4 Å². The molecule has 0 saturated carbocycles. The van der Waals surface area contributed by atoms with Crippen molar-refractivity contribution < 1.29 is 23.9 Å². The largest absolute Gasteiger partial charge is 0.492 e. The number of hydrogen-bond donors (Lipinski definition) is 1. The SMILES string of the molecule is CN(CCOc1ccc(CC2NC(=O)SC2=O)cc1)C(=O)Oc1ccccc1. The number of carbonyl (C=O) groups is 3. The van der Waals surface area contributed by atoms with Crippen molar-refractivity contribution in [2.24, 2.45) is 0 Å². The molecule has 3 rings (SSSR count). The fourth-order valence-electron chi connectivity index (χ4n) is 2.54. The van der Waals surface area contributed by atoms with Crippen molar-refractivity contribution in [3.63, 3.8) is 0 Å². The minimum Gasteiger partial charge on any atom is -0.492 e. The Morgan fingerprint density at radius 3 is 2.43 bits per heavy atom. The first-order valence-electron chi connectivity index (χ1n) is 8.73. The molecule has 0 aliphatic carbocycles. The highest BCUT2D eigenvalue weighted by atomic mass is 32.2. The van der Waals surface area contributed by atoms with E-state index in [1.165, 1.54) is 4.90 Å². The lowest BCUT2D eigenvalue weighted by Crippen LogP contribution is -2.33. The van der Waals surface area contributed by atoms with Crippen LogP contribution in [0.1, 0.15) is 5.56 Å². The van der Waals surface area contributed by atoms with Gasteiger partial charge in [-0.2, -0.15) is 0 Å². The highest BCUT2D eigenvalue weighted by Gasteiger charge is 2.31. The zero-order chi connectivity index (χ0) is 19.9. The molecule has 1 saturated heterocycles. The zero-order valence-electron chi connectivity index (χ0n) is 15.3. The van der Waals surface area contributed by atoms with Crippen LogP contribution in [0.15, 0.2) is 54.6 Å². The molecule has 1 aliphatic heterocycles. The monoisotopic (exact) mass is 400 g/mol.